The lowest BCUT2D eigenvalue weighted by Gasteiger charge is -2.25. The van der Waals surface area contributed by atoms with Crippen LogP contribution in [0.4, 0.5) is 5.69 Å². The van der Waals surface area contributed by atoms with E-state index in [0.29, 0.717) is 12.6 Å². The third kappa shape index (κ3) is 4.69. The lowest BCUT2D eigenvalue weighted by Crippen LogP contribution is -2.19. The van der Waals surface area contributed by atoms with Crippen LogP contribution in [0.5, 0.6) is 5.75 Å². The Morgan fingerprint density at radius 3 is 2.88 bits per heavy atom. The van der Waals surface area contributed by atoms with E-state index >= 15 is 0 Å². The SMILES string of the molecule is COc1cccc(NCc2nnc(SCC(N)=O)n2C2CCCCC2)c1. The van der Waals surface area contributed by atoms with Crippen LogP contribution >= 0.6 is 11.8 Å². The molecule has 1 fully saturated rings. The van der Waals surface area contributed by atoms with Crippen LogP contribution in [-0.4, -0.2) is 33.5 Å². The van der Waals surface area contributed by atoms with Crippen molar-refractivity contribution < 1.29 is 9.53 Å². The number of hydrogen-bond donors (Lipinski definition) is 2. The standard InChI is InChI=1S/C18H25N5O2S/c1-25-15-9-5-6-13(10-15)20-11-17-21-22-18(26-12-16(19)24)23(17)14-7-3-2-4-8-14/h5-6,9-10,14,20H,2-4,7-8,11-12H2,1H3,(H2,19,24). The number of ether oxygens (including phenoxy) is 1. The molecule has 1 amide bonds. The number of carbonyl (C=O) groups is 1. The van der Waals surface area contributed by atoms with Crippen molar-refractivity contribution in [1.29, 1.82) is 0 Å². The van der Waals surface area contributed by atoms with Crippen LogP contribution < -0.4 is 15.8 Å². The number of nitrogens with one attached hydrogen (secondary N) is 1. The molecule has 0 aliphatic heterocycles. The van der Waals surface area contributed by atoms with Crippen molar-refractivity contribution in [3.8, 4) is 5.75 Å². The highest BCUT2D eigenvalue weighted by atomic mass is 32.2. The molecule has 7 nitrogen and oxygen atoms in total. The third-order valence-corrected chi connectivity index (χ3v) is 5.50. The summed E-state index contributed by atoms with van der Waals surface area (Å²) in [7, 11) is 1.65. The second kappa shape index (κ2) is 8.93. The van der Waals surface area contributed by atoms with Gasteiger partial charge in [-0.2, -0.15) is 0 Å². The number of rotatable bonds is 8. The summed E-state index contributed by atoms with van der Waals surface area (Å²) < 4.78 is 7.46. The molecule has 1 aliphatic rings. The summed E-state index contributed by atoms with van der Waals surface area (Å²) in [5, 5.41) is 12.9. The van der Waals surface area contributed by atoms with E-state index in [1.165, 1.54) is 31.0 Å². The van der Waals surface area contributed by atoms with Crippen LogP contribution in [-0.2, 0) is 11.3 Å². The van der Waals surface area contributed by atoms with Gasteiger partial charge in [-0.15, -0.1) is 10.2 Å². The summed E-state index contributed by atoms with van der Waals surface area (Å²) in [6.45, 7) is 0.563. The Hall–Kier alpha value is -2.22. The second-order valence-corrected chi connectivity index (χ2v) is 7.34. The van der Waals surface area contributed by atoms with Gasteiger partial charge in [0.15, 0.2) is 11.0 Å². The molecule has 0 spiro atoms. The number of methoxy groups -OCH3 is 1. The van der Waals surface area contributed by atoms with Crippen molar-refractivity contribution in [2.24, 2.45) is 5.73 Å². The molecule has 0 bridgehead atoms. The number of primary amides is 1. The topological polar surface area (TPSA) is 95.1 Å². The minimum atomic E-state index is -0.343. The number of carbonyl (C=O) groups excluding carboxylic acids is 1. The molecule has 1 saturated carbocycles. The number of aromatic nitrogens is 3. The van der Waals surface area contributed by atoms with E-state index in [1.54, 1.807) is 7.11 Å². The first-order chi connectivity index (χ1) is 12.7. The maximum absolute atomic E-state index is 11.2. The zero-order chi connectivity index (χ0) is 18.4. The minimum Gasteiger partial charge on any atom is -0.497 e. The van der Waals surface area contributed by atoms with Gasteiger partial charge in [0, 0.05) is 17.8 Å². The predicted molar refractivity (Wildman–Crippen MR) is 102 cm³/mol. The van der Waals surface area contributed by atoms with Gasteiger partial charge in [-0.3, -0.25) is 4.79 Å². The Labute approximate surface area is 157 Å². The van der Waals surface area contributed by atoms with Crippen LogP contribution in [0.1, 0.15) is 44.0 Å². The minimum absolute atomic E-state index is 0.216. The van der Waals surface area contributed by atoms with Crippen LogP contribution in [0.2, 0.25) is 0 Å². The van der Waals surface area contributed by atoms with Crippen LogP contribution in [0.15, 0.2) is 29.4 Å². The molecule has 3 rings (SSSR count). The average molecular weight is 375 g/mol. The average Bonchev–Trinajstić information content (AvgIpc) is 3.08. The van der Waals surface area contributed by atoms with E-state index in [4.69, 9.17) is 10.5 Å². The van der Waals surface area contributed by atoms with Crippen molar-refractivity contribution in [1.82, 2.24) is 14.8 Å². The molecule has 8 heteroatoms. The zero-order valence-corrected chi connectivity index (χ0v) is 15.8. The molecule has 0 radical (unpaired) electrons. The molecular weight excluding hydrogens is 350 g/mol. The summed E-state index contributed by atoms with van der Waals surface area (Å²) in [6, 6.07) is 8.18. The monoisotopic (exact) mass is 375 g/mol. The molecule has 0 saturated heterocycles. The summed E-state index contributed by atoms with van der Waals surface area (Å²) >= 11 is 1.36. The molecule has 26 heavy (non-hydrogen) atoms. The smallest absolute Gasteiger partial charge is 0.227 e. The Morgan fingerprint density at radius 1 is 1.35 bits per heavy atom. The van der Waals surface area contributed by atoms with Crippen LogP contribution in [0, 0.1) is 0 Å². The molecule has 3 N–H and O–H groups in total. The molecule has 1 aromatic heterocycles. The molecular formula is C18H25N5O2S. The first-order valence-electron chi connectivity index (χ1n) is 8.90. The molecule has 0 atom stereocenters. The van der Waals surface area contributed by atoms with Gasteiger partial charge in [-0.1, -0.05) is 37.1 Å². The normalized spacial score (nSPS) is 15.0. The van der Waals surface area contributed by atoms with Gasteiger partial charge in [-0.05, 0) is 25.0 Å². The fourth-order valence-electron chi connectivity index (χ4n) is 3.28. The number of nitrogens with zero attached hydrogens (tertiary/aromatic N) is 3. The molecule has 1 aromatic carbocycles. The summed E-state index contributed by atoms with van der Waals surface area (Å²) in [5.41, 5.74) is 6.26. The van der Waals surface area contributed by atoms with E-state index in [1.807, 2.05) is 24.3 Å². The van der Waals surface area contributed by atoms with E-state index in [-0.39, 0.29) is 11.7 Å². The number of thioether (sulfide) groups is 1. The van der Waals surface area contributed by atoms with E-state index in [0.717, 1.165) is 35.3 Å². The highest BCUT2D eigenvalue weighted by Crippen LogP contribution is 2.32. The van der Waals surface area contributed by atoms with Gasteiger partial charge in [0.05, 0.1) is 19.4 Å². The molecule has 1 aliphatic carbocycles. The lowest BCUT2D eigenvalue weighted by molar-refractivity contribution is -0.115. The van der Waals surface area contributed by atoms with Crippen molar-refractivity contribution in [3.63, 3.8) is 0 Å². The van der Waals surface area contributed by atoms with Gasteiger partial charge < -0.3 is 20.4 Å². The predicted octanol–water partition coefficient (Wildman–Crippen LogP) is 2.98. The number of amides is 1. The molecule has 1 heterocycles. The Morgan fingerprint density at radius 2 is 2.15 bits per heavy atom. The first-order valence-corrected chi connectivity index (χ1v) is 9.88. The third-order valence-electron chi connectivity index (χ3n) is 4.54. The second-order valence-electron chi connectivity index (χ2n) is 6.40. The largest absolute Gasteiger partial charge is 0.497 e. The summed E-state index contributed by atoms with van der Waals surface area (Å²) in [5.74, 6) is 1.56. The van der Waals surface area contributed by atoms with Gasteiger partial charge >= 0.3 is 0 Å². The van der Waals surface area contributed by atoms with Gasteiger partial charge in [-0.25, -0.2) is 0 Å². The first kappa shape index (κ1) is 18.6. The van der Waals surface area contributed by atoms with E-state index in [2.05, 4.69) is 20.1 Å². The Kier molecular flexibility index (Phi) is 6.38. The van der Waals surface area contributed by atoms with Crippen LogP contribution in [0.3, 0.4) is 0 Å². The lowest BCUT2D eigenvalue weighted by atomic mass is 9.95. The van der Waals surface area contributed by atoms with Crippen molar-refractivity contribution in [2.75, 3.05) is 18.2 Å². The van der Waals surface area contributed by atoms with Gasteiger partial charge in [0.25, 0.3) is 0 Å². The fourth-order valence-corrected chi connectivity index (χ4v) is 4.05. The van der Waals surface area contributed by atoms with Gasteiger partial charge in [0.1, 0.15) is 5.75 Å². The van der Waals surface area contributed by atoms with Gasteiger partial charge in [0.2, 0.25) is 5.91 Å². The fraction of sp³-hybridized carbons (Fsp3) is 0.500. The van der Waals surface area contributed by atoms with Crippen LogP contribution in [0.25, 0.3) is 0 Å². The maximum Gasteiger partial charge on any atom is 0.227 e. The summed E-state index contributed by atoms with van der Waals surface area (Å²) in [4.78, 5) is 11.2. The summed E-state index contributed by atoms with van der Waals surface area (Å²) in [6.07, 6.45) is 5.94. The Balaban J connectivity index is 1.77. The van der Waals surface area contributed by atoms with Crippen molar-refractivity contribution >= 4 is 23.4 Å². The molecule has 140 valence electrons. The van der Waals surface area contributed by atoms with Crippen molar-refractivity contribution in [2.45, 2.75) is 49.8 Å². The zero-order valence-electron chi connectivity index (χ0n) is 15.0. The number of benzene rings is 1. The highest BCUT2D eigenvalue weighted by molar-refractivity contribution is 7.99. The quantitative estimate of drug-likeness (QED) is 0.689. The Bertz CT molecular complexity index is 743. The number of hydrogen-bond acceptors (Lipinski definition) is 6. The van der Waals surface area contributed by atoms with E-state index < -0.39 is 0 Å². The molecule has 2 aromatic rings. The number of nitrogens with two attached hydrogens (primary N) is 1. The van der Waals surface area contributed by atoms with Crippen molar-refractivity contribution in [3.05, 3.63) is 30.1 Å². The number of anilines is 1. The molecule has 0 unspecified atom stereocenters. The van der Waals surface area contributed by atoms with E-state index in [9.17, 15) is 4.79 Å². The highest BCUT2D eigenvalue weighted by Gasteiger charge is 2.23. The maximum atomic E-state index is 11.2.